The number of ketones is 1. The van der Waals surface area contributed by atoms with Gasteiger partial charge in [-0.15, -0.1) is 0 Å². The van der Waals surface area contributed by atoms with Crippen LogP contribution in [0.3, 0.4) is 0 Å². The van der Waals surface area contributed by atoms with Crippen LogP contribution in [0.5, 0.6) is 0 Å². The molecule has 1 atom stereocenters. The van der Waals surface area contributed by atoms with E-state index in [-0.39, 0.29) is 17.8 Å². The van der Waals surface area contributed by atoms with Crippen molar-refractivity contribution in [1.29, 1.82) is 0 Å². The molecule has 1 unspecified atom stereocenters. The molecule has 4 heterocycles. The van der Waals surface area contributed by atoms with Gasteiger partial charge in [-0.1, -0.05) is 91.0 Å². The predicted molar refractivity (Wildman–Crippen MR) is 210 cm³/mol. The van der Waals surface area contributed by atoms with E-state index in [1.54, 1.807) is 75.0 Å². The quantitative estimate of drug-likeness (QED) is 0.127. The highest BCUT2D eigenvalue weighted by atomic mass is 16.5. The third kappa shape index (κ3) is 9.71. The number of amides is 2. The molecule has 57 heavy (non-hydrogen) atoms. The highest BCUT2D eigenvalue weighted by molar-refractivity contribution is 6.38. The number of benzene rings is 3. The number of aryl methyl sites for hydroxylation is 2. The minimum Gasteiger partial charge on any atom is -0.461 e. The Morgan fingerprint density at radius 3 is 1.54 bits per heavy atom. The number of carbonyl (C=O) groups excluding carboxylic acids is 4. The molecule has 7 rings (SSSR count). The SMILES string of the molecule is CCOC(=O)c1cc(C)n(-c2ncc(-c3ccccc3)cn2)n1.Cc1cc(C(=O)NC(Cc2ccccc2)C(=O)C(N)=O)nn1-c1ncc(-c2ccccc2)cn1. The second-order valence-corrected chi connectivity index (χ2v) is 12.6. The monoisotopic (exact) mass is 762 g/mol. The van der Waals surface area contributed by atoms with Gasteiger partial charge in [0.1, 0.15) is 6.04 Å². The Morgan fingerprint density at radius 1 is 0.649 bits per heavy atom. The molecule has 2 amide bonds. The molecule has 7 aromatic rings. The van der Waals surface area contributed by atoms with Gasteiger partial charge in [-0.3, -0.25) is 14.4 Å². The Labute approximate surface area is 327 Å². The molecule has 0 bridgehead atoms. The van der Waals surface area contributed by atoms with E-state index in [9.17, 15) is 19.2 Å². The van der Waals surface area contributed by atoms with Crippen LogP contribution in [0.15, 0.2) is 128 Å². The summed E-state index contributed by atoms with van der Waals surface area (Å²) in [4.78, 5) is 65.9. The lowest BCUT2D eigenvalue weighted by Gasteiger charge is -2.15. The van der Waals surface area contributed by atoms with Crippen molar-refractivity contribution < 1.29 is 23.9 Å². The van der Waals surface area contributed by atoms with Crippen molar-refractivity contribution in [1.82, 2.24) is 44.8 Å². The van der Waals surface area contributed by atoms with Crippen molar-refractivity contribution >= 4 is 23.6 Å². The standard InChI is InChI=1S/C25H22N6O3.C17H16N4O2/c1-16-12-21(24(34)29-20(22(32)23(26)33)13-17-8-4-2-5-9-17)30-31(16)25-27-14-19(15-28-25)18-10-6-3-7-11-18;1-3-23-16(22)15-9-12(2)21(20-15)17-18-10-14(11-19-17)13-7-5-4-6-8-13/h2-12,14-15,20H,13H2,1H3,(H2,26,33)(H,29,34);4-11H,3H2,1-2H3. The van der Waals surface area contributed by atoms with Crippen molar-refractivity contribution in [2.24, 2.45) is 5.73 Å². The Kier molecular flexibility index (Phi) is 12.4. The van der Waals surface area contributed by atoms with E-state index in [1.807, 2.05) is 73.7 Å². The van der Waals surface area contributed by atoms with Crippen molar-refractivity contribution in [3.8, 4) is 34.2 Å². The van der Waals surface area contributed by atoms with E-state index in [4.69, 9.17) is 10.5 Å². The zero-order valence-corrected chi connectivity index (χ0v) is 31.3. The Bertz CT molecular complexity index is 2470. The minimum atomic E-state index is -1.12. The highest BCUT2D eigenvalue weighted by Gasteiger charge is 2.27. The fourth-order valence-corrected chi connectivity index (χ4v) is 5.65. The molecule has 0 saturated carbocycles. The molecule has 0 saturated heterocycles. The molecule has 0 fully saturated rings. The number of aromatic nitrogens is 8. The molecular formula is C42H38N10O5. The van der Waals surface area contributed by atoms with Crippen LogP contribution in [0.4, 0.5) is 0 Å². The largest absolute Gasteiger partial charge is 0.461 e. The van der Waals surface area contributed by atoms with E-state index < -0.39 is 29.6 Å². The Morgan fingerprint density at radius 2 is 1.09 bits per heavy atom. The third-order valence-electron chi connectivity index (χ3n) is 8.51. The summed E-state index contributed by atoms with van der Waals surface area (Å²) < 4.78 is 7.92. The second-order valence-electron chi connectivity index (χ2n) is 12.6. The lowest BCUT2D eigenvalue weighted by Crippen LogP contribution is -2.47. The van der Waals surface area contributed by atoms with Crippen LogP contribution < -0.4 is 11.1 Å². The molecule has 0 spiro atoms. The zero-order valence-electron chi connectivity index (χ0n) is 31.3. The van der Waals surface area contributed by atoms with Gasteiger partial charge in [-0.25, -0.2) is 34.1 Å². The first-order valence-corrected chi connectivity index (χ1v) is 17.9. The number of Topliss-reactive ketones (excluding diaryl/α,β-unsaturated/α-hetero) is 1. The first kappa shape index (κ1) is 39.0. The second kappa shape index (κ2) is 18.1. The summed E-state index contributed by atoms with van der Waals surface area (Å²) in [5.41, 5.74) is 11.5. The van der Waals surface area contributed by atoms with Crippen molar-refractivity contribution in [3.05, 3.63) is 156 Å². The van der Waals surface area contributed by atoms with Gasteiger partial charge in [0.15, 0.2) is 11.4 Å². The Hall–Kier alpha value is -7.68. The molecule has 286 valence electrons. The molecule has 0 aliphatic rings. The van der Waals surface area contributed by atoms with Crippen molar-refractivity contribution in [2.75, 3.05) is 6.61 Å². The number of nitrogens with zero attached hydrogens (tertiary/aromatic N) is 8. The van der Waals surface area contributed by atoms with E-state index in [0.29, 0.717) is 24.2 Å². The lowest BCUT2D eigenvalue weighted by molar-refractivity contribution is -0.137. The molecule has 3 N–H and O–H groups in total. The number of nitrogens with two attached hydrogens (primary N) is 1. The molecule has 0 radical (unpaired) electrons. The minimum absolute atomic E-state index is 0.0589. The predicted octanol–water partition coefficient (Wildman–Crippen LogP) is 4.85. The zero-order chi connectivity index (χ0) is 40.3. The highest BCUT2D eigenvalue weighted by Crippen LogP contribution is 2.19. The lowest BCUT2D eigenvalue weighted by atomic mass is 10.0. The van der Waals surface area contributed by atoms with Crippen molar-refractivity contribution in [3.63, 3.8) is 0 Å². The number of rotatable bonds is 12. The average Bonchev–Trinajstić information content (AvgIpc) is 3.84. The van der Waals surface area contributed by atoms with Crippen LogP contribution >= 0.6 is 0 Å². The van der Waals surface area contributed by atoms with Crippen LogP contribution in [0, 0.1) is 13.8 Å². The van der Waals surface area contributed by atoms with Crippen LogP contribution in [0.2, 0.25) is 0 Å². The molecule has 4 aromatic heterocycles. The number of hydrogen-bond acceptors (Lipinski definition) is 11. The smallest absolute Gasteiger partial charge is 0.358 e. The summed E-state index contributed by atoms with van der Waals surface area (Å²) in [5.74, 6) is -2.35. The Balaban J connectivity index is 0.000000208. The summed E-state index contributed by atoms with van der Waals surface area (Å²) in [6.45, 7) is 5.67. The van der Waals surface area contributed by atoms with Gasteiger partial charge in [0, 0.05) is 53.7 Å². The molecule has 0 aliphatic heterocycles. The van der Waals surface area contributed by atoms with E-state index in [1.165, 1.54) is 9.36 Å². The van der Waals surface area contributed by atoms with Gasteiger partial charge in [0.2, 0.25) is 5.78 Å². The number of nitrogens with one attached hydrogen (secondary N) is 1. The van der Waals surface area contributed by atoms with Crippen molar-refractivity contribution in [2.45, 2.75) is 33.2 Å². The maximum atomic E-state index is 12.9. The summed E-state index contributed by atoms with van der Waals surface area (Å²) in [5, 5.41) is 11.1. The summed E-state index contributed by atoms with van der Waals surface area (Å²) in [6, 6.07) is 30.7. The van der Waals surface area contributed by atoms with Gasteiger partial charge in [-0.05, 0) is 49.6 Å². The molecule has 15 heteroatoms. The first-order chi connectivity index (χ1) is 27.6. The number of esters is 1. The van der Waals surface area contributed by atoms with Gasteiger partial charge in [0.25, 0.3) is 23.7 Å². The van der Waals surface area contributed by atoms with Crippen LogP contribution in [0.1, 0.15) is 44.9 Å². The molecule has 3 aromatic carbocycles. The maximum absolute atomic E-state index is 12.9. The topological polar surface area (TPSA) is 203 Å². The summed E-state index contributed by atoms with van der Waals surface area (Å²) >= 11 is 0. The van der Waals surface area contributed by atoms with Crippen LogP contribution in [-0.2, 0) is 20.7 Å². The van der Waals surface area contributed by atoms with Gasteiger partial charge in [0.05, 0.1) is 6.61 Å². The van der Waals surface area contributed by atoms with E-state index in [0.717, 1.165) is 33.5 Å². The van der Waals surface area contributed by atoms with Gasteiger partial charge >= 0.3 is 5.97 Å². The van der Waals surface area contributed by atoms with Gasteiger partial charge in [-0.2, -0.15) is 10.2 Å². The van der Waals surface area contributed by atoms with Crippen LogP contribution in [-0.4, -0.2) is 75.7 Å². The fraction of sp³-hybridized carbons (Fsp3) is 0.143. The number of hydrogen-bond donors (Lipinski definition) is 2. The van der Waals surface area contributed by atoms with E-state index >= 15 is 0 Å². The maximum Gasteiger partial charge on any atom is 0.358 e. The molecule has 15 nitrogen and oxygen atoms in total. The normalized spacial score (nSPS) is 11.1. The first-order valence-electron chi connectivity index (χ1n) is 17.9. The van der Waals surface area contributed by atoms with Gasteiger partial charge < -0.3 is 15.8 Å². The summed E-state index contributed by atoms with van der Waals surface area (Å²) in [7, 11) is 0. The third-order valence-corrected chi connectivity index (χ3v) is 8.51. The average molecular weight is 763 g/mol. The number of ether oxygens (including phenoxy) is 1. The van der Waals surface area contributed by atoms with Crippen LogP contribution in [0.25, 0.3) is 34.2 Å². The molecular weight excluding hydrogens is 725 g/mol. The van der Waals surface area contributed by atoms with E-state index in [2.05, 4.69) is 35.5 Å². The summed E-state index contributed by atoms with van der Waals surface area (Å²) in [6.07, 6.45) is 6.96. The number of primary amides is 1. The number of carbonyl (C=O) groups is 4. The molecule has 0 aliphatic carbocycles. The fourth-order valence-electron chi connectivity index (χ4n) is 5.65.